The van der Waals surface area contributed by atoms with E-state index in [9.17, 15) is 4.79 Å². The minimum Gasteiger partial charge on any atom is -0.366 e. The molecule has 1 amide bonds. The first-order chi connectivity index (χ1) is 12.5. The van der Waals surface area contributed by atoms with E-state index in [0.29, 0.717) is 23.0 Å². The molecular weight excluding hydrogens is 370 g/mol. The molecule has 1 N–H and O–H groups in total. The highest BCUT2D eigenvalue weighted by Crippen LogP contribution is 2.34. The van der Waals surface area contributed by atoms with Gasteiger partial charge < -0.3 is 14.5 Å². The lowest BCUT2D eigenvalue weighted by Gasteiger charge is -2.39. The summed E-state index contributed by atoms with van der Waals surface area (Å²) in [6.45, 7) is 2.13. The van der Waals surface area contributed by atoms with E-state index in [2.05, 4.69) is 21.9 Å². The summed E-state index contributed by atoms with van der Waals surface area (Å²) >= 11 is 7.54. The van der Waals surface area contributed by atoms with Crippen molar-refractivity contribution >= 4 is 28.8 Å². The number of nitrogens with one attached hydrogen (secondary N) is 1. The quantitative estimate of drug-likeness (QED) is 0.748. The van der Waals surface area contributed by atoms with E-state index in [1.165, 1.54) is 11.3 Å². The number of imidazole rings is 1. The number of aryl methyl sites for hydroxylation is 1. The molecule has 1 fully saturated rings. The Bertz CT molecular complexity index is 930. The molecule has 26 heavy (non-hydrogen) atoms. The lowest BCUT2D eigenvalue weighted by atomic mass is 10.1. The maximum Gasteiger partial charge on any atom is 0.256 e. The van der Waals surface area contributed by atoms with Crippen molar-refractivity contribution in [1.82, 2.24) is 24.3 Å². The molecule has 136 valence electrons. The third-order valence-corrected chi connectivity index (χ3v) is 6.17. The van der Waals surface area contributed by atoms with Gasteiger partial charge in [0.1, 0.15) is 5.82 Å². The van der Waals surface area contributed by atoms with Crippen molar-refractivity contribution in [3.63, 3.8) is 0 Å². The lowest BCUT2D eigenvalue weighted by molar-refractivity contribution is 0.0529. The summed E-state index contributed by atoms with van der Waals surface area (Å²) in [6, 6.07) is 3.90. The summed E-state index contributed by atoms with van der Waals surface area (Å²) in [6.07, 6.45) is 7.38. The van der Waals surface area contributed by atoms with Crippen molar-refractivity contribution in [1.29, 1.82) is 0 Å². The number of aromatic amines is 1. The van der Waals surface area contributed by atoms with Crippen LogP contribution in [-0.2, 0) is 7.05 Å². The number of aromatic nitrogens is 3. The molecule has 8 heteroatoms. The lowest BCUT2D eigenvalue weighted by Crippen LogP contribution is -2.49. The van der Waals surface area contributed by atoms with Crippen LogP contribution in [0.5, 0.6) is 0 Å². The number of halogens is 1. The maximum atomic E-state index is 13.2. The fourth-order valence-corrected chi connectivity index (χ4v) is 4.48. The second-order valence-corrected chi connectivity index (χ2v) is 8.25. The zero-order valence-corrected chi connectivity index (χ0v) is 16.2. The van der Waals surface area contributed by atoms with E-state index in [1.807, 2.05) is 41.0 Å². The Balaban J connectivity index is 1.59. The standard InChI is InChI=1S/C18H20ClN5OS/c1-22-7-8-24(11-14(22)17-21-5-6-23(17)2)18(25)13-10-20-9-12(13)15-3-4-16(19)26-15/h3-6,9-10,14,20H,7-8,11H2,1-2H3. The van der Waals surface area contributed by atoms with Gasteiger partial charge >= 0.3 is 0 Å². The zero-order valence-electron chi connectivity index (χ0n) is 14.6. The summed E-state index contributed by atoms with van der Waals surface area (Å²) < 4.78 is 2.74. The van der Waals surface area contributed by atoms with Crippen molar-refractivity contribution in [2.75, 3.05) is 26.7 Å². The Labute approximate surface area is 161 Å². The topological polar surface area (TPSA) is 57.2 Å². The van der Waals surface area contributed by atoms with Gasteiger partial charge in [-0.05, 0) is 19.2 Å². The summed E-state index contributed by atoms with van der Waals surface area (Å²) in [4.78, 5) is 25.9. The van der Waals surface area contributed by atoms with Gasteiger partial charge in [0.2, 0.25) is 0 Å². The van der Waals surface area contributed by atoms with Gasteiger partial charge in [-0.1, -0.05) is 11.6 Å². The molecule has 0 spiro atoms. The predicted octanol–water partition coefficient (Wildman–Crippen LogP) is 3.26. The third kappa shape index (κ3) is 3.06. The minimum atomic E-state index is 0.0399. The summed E-state index contributed by atoms with van der Waals surface area (Å²) in [5.74, 6) is 1.02. The number of H-pyrrole nitrogens is 1. The number of thiophene rings is 1. The highest BCUT2D eigenvalue weighted by molar-refractivity contribution is 7.19. The highest BCUT2D eigenvalue weighted by Gasteiger charge is 2.32. The molecule has 0 aliphatic carbocycles. The van der Waals surface area contributed by atoms with Crippen LogP contribution in [0.1, 0.15) is 22.2 Å². The molecular formula is C18H20ClN5OS. The van der Waals surface area contributed by atoms with Crippen molar-refractivity contribution in [2.45, 2.75) is 6.04 Å². The van der Waals surface area contributed by atoms with Gasteiger partial charge in [-0.15, -0.1) is 11.3 Å². The summed E-state index contributed by atoms with van der Waals surface area (Å²) in [7, 11) is 4.07. The monoisotopic (exact) mass is 389 g/mol. The molecule has 1 aliphatic heterocycles. The molecule has 0 aromatic carbocycles. The van der Waals surface area contributed by atoms with Crippen molar-refractivity contribution < 1.29 is 4.79 Å². The highest BCUT2D eigenvalue weighted by atomic mass is 35.5. The van der Waals surface area contributed by atoms with E-state index < -0.39 is 0 Å². The Kier molecular flexibility index (Phi) is 4.60. The molecule has 4 heterocycles. The fraction of sp³-hybridized carbons (Fsp3) is 0.333. The number of nitrogens with zero attached hydrogens (tertiary/aromatic N) is 4. The predicted molar refractivity (Wildman–Crippen MR) is 104 cm³/mol. The molecule has 1 saturated heterocycles. The number of hydrogen-bond acceptors (Lipinski definition) is 4. The van der Waals surface area contributed by atoms with Gasteiger partial charge in [-0.2, -0.15) is 0 Å². The largest absolute Gasteiger partial charge is 0.366 e. The second kappa shape index (κ2) is 6.90. The first kappa shape index (κ1) is 17.3. The van der Waals surface area contributed by atoms with Crippen LogP contribution in [0.3, 0.4) is 0 Å². The molecule has 6 nitrogen and oxygen atoms in total. The van der Waals surface area contributed by atoms with E-state index in [-0.39, 0.29) is 11.9 Å². The number of piperazine rings is 1. The number of likely N-dealkylation sites (N-methyl/N-ethyl adjacent to an activating group) is 1. The minimum absolute atomic E-state index is 0.0399. The zero-order chi connectivity index (χ0) is 18.3. The average Bonchev–Trinajstić information content (AvgIpc) is 3.35. The van der Waals surface area contributed by atoms with Crippen molar-refractivity contribution in [3.05, 3.63) is 52.6 Å². The summed E-state index contributed by atoms with van der Waals surface area (Å²) in [5, 5.41) is 0. The molecule has 0 bridgehead atoms. The Morgan fingerprint density at radius 2 is 2.15 bits per heavy atom. The van der Waals surface area contributed by atoms with E-state index >= 15 is 0 Å². The van der Waals surface area contributed by atoms with Gasteiger partial charge in [0.15, 0.2) is 0 Å². The van der Waals surface area contributed by atoms with Crippen LogP contribution in [-0.4, -0.2) is 56.9 Å². The number of hydrogen-bond donors (Lipinski definition) is 1. The number of carbonyl (C=O) groups is 1. The molecule has 3 aromatic rings. The third-order valence-electron chi connectivity index (χ3n) is 4.91. The first-order valence-corrected chi connectivity index (χ1v) is 9.63. The van der Waals surface area contributed by atoms with E-state index in [4.69, 9.17) is 11.6 Å². The van der Waals surface area contributed by atoms with Gasteiger partial charge in [-0.3, -0.25) is 9.69 Å². The molecule has 4 rings (SSSR count). The Hall–Kier alpha value is -2.09. The molecule has 0 radical (unpaired) electrons. The van der Waals surface area contributed by atoms with Crippen LogP contribution >= 0.6 is 22.9 Å². The van der Waals surface area contributed by atoms with E-state index in [0.717, 1.165) is 22.8 Å². The number of rotatable bonds is 3. The van der Waals surface area contributed by atoms with E-state index in [1.54, 1.807) is 12.4 Å². The molecule has 1 atom stereocenters. The molecule has 3 aromatic heterocycles. The Morgan fingerprint density at radius 1 is 1.31 bits per heavy atom. The van der Waals surface area contributed by atoms with Gasteiger partial charge in [0, 0.05) is 61.9 Å². The van der Waals surface area contributed by atoms with Crippen LogP contribution in [0.25, 0.3) is 10.4 Å². The fourth-order valence-electron chi connectivity index (χ4n) is 3.41. The van der Waals surface area contributed by atoms with Gasteiger partial charge in [-0.25, -0.2) is 4.98 Å². The molecule has 1 unspecified atom stereocenters. The average molecular weight is 390 g/mol. The van der Waals surface area contributed by atoms with Crippen molar-refractivity contribution in [2.24, 2.45) is 7.05 Å². The summed E-state index contributed by atoms with van der Waals surface area (Å²) in [5.41, 5.74) is 1.59. The first-order valence-electron chi connectivity index (χ1n) is 8.44. The number of amides is 1. The van der Waals surface area contributed by atoms with Crippen LogP contribution in [0.4, 0.5) is 0 Å². The Morgan fingerprint density at radius 3 is 2.85 bits per heavy atom. The molecule has 0 saturated carbocycles. The smallest absolute Gasteiger partial charge is 0.256 e. The normalized spacial score (nSPS) is 18.4. The van der Waals surface area contributed by atoms with Crippen LogP contribution in [0, 0.1) is 0 Å². The van der Waals surface area contributed by atoms with Crippen LogP contribution in [0.15, 0.2) is 36.9 Å². The van der Waals surface area contributed by atoms with Gasteiger partial charge in [0.25, 0.3) is 5.91 Å². The van der Waals surface area contributed by atoms with Crippen LogP contribution in [0.2, 0.25) is 4.34 Å². The van der Waals surface area contributed by atoms with Crippen LogP contribution < -0.4 is 0 Å². The second-order valence-electron chi connectivity index (χ2n) is 6.53. The van der Waals surface area contributed by atoms with Crippen molar-refractivity contribution in [3.8, 4) is 10.4 Å². The SMILES string of the molecule is CN1CCN(C(=O)c2c[nH]cc2-c2ccc(Cl)s2)CC1c1nccn1C. The van der Waals surface area contributed by atoms with Gasteiger partial charge in [0.05, 0.1) is 15.9 Å². The maximum absolute atomic E-state index is 13.2. The number of carbonyl (C=O) groups excluding carboxylic acids is 1. The molecule has 1 aliphatic rings.